The maximum absolute atomic E-state index is 13.1. The first-order chi connectivity index (χ1) is 14.9. The summed E-state index contributed by atoms with van der Waals surface area (Å²) in [4.78, 5) is 31.6. The van der Waals surface area contributed by atoms with E-state index in [4.69, 9.17) is 27.9 Å². The van der Waals surface area contributed by atoms with Crippen LogP contribution in [0.3, 0.4) is 0 Å². The van der Waals surface area contributed by atoms with Crippen molar-refractivity contribution >= 4 is 46.5 Å². The zero-order valence-corrected chi connectivity index (χ0v) is 17.8. The van der Waals surface area contributed by atoms with Gasteiger partial charge in [0, 0.05) is 11.8 Å². The first kappa shape index (κ1) is 20.9. The second-order valence-electron chi connectivity index (χ2n) is 6.76. The Balaban J connectivity index is 1.96. The number of aliphatic hydroxyl groups is 1. The summed E-state index contributed by atoms with van der Waals surface area (Å²) >= 11 is 12.3. The number of ketones is 1. The highest BCUT2D eigenvalue weighted by Crippen LogP contribution is 2.42. The van der Waals surface area contributed by atoms with E-state index < -0.39 is 17.7 Å². The summed E-state index contributed by atoms with van der Waals surface area (Å²) in [7, 11) is 1.49. The van der Waals surface area contributed by atoms with Crippen LogP contribution in [-0.2, 0) is 9.59 Å². The molecule has 1 aliphatic rings. The molecule has 1 aromatic heterocycles. The van der Waals surface area contributed by atoms with E-state index in [9.17, 15) is 14.7 Å². The van der Waals surface area contributed by atoms with Crippen molar-refractivity contribution in [2.24, 2.45) is 0 Å². The van der Waals surface area contributed by atoms with Crippen molar-refractivity contribution in [2.75, 3.05) is 12.0 Å². The van der Waals surface area contributed by atoms with Crippen LogP contribution in [0.4, 0.5) is 5.82 Å². The number of halogens is 2. The fraction of sp³-hybridized carbons (Fsp3) is 0.0870. The Morgan fingerprint density at radius 3 is 2.52 bits per heavy atom. The second kappa shape index (κ2) is 8.41. The molecule has 31 heavy (non-hydrogen) atoms. The number of carbonyl (C=O) groups is 2. The van der Waals surface area contributed by atoms with Gasteiger partial charge in [-0.1, -0.05) is 47.5 Å². The molecule has 1 amide bonds. The lowest BCUT2D eigenvalue weighted by Crippen LogP contribution is -2.30. The van der Waals surface area contributed by atoms with Crippen LogP contribution in [-0.4, -0.2) is 28.9 Å². The predicted octanol–water partition coefficient (Wildman–Crippen LogP) is 5.02. The van der Waals surface area contributed by atoms with Gasteiger partial charge in [0.1, 0.15) is 17.3 Å². The fourth-order valence-electron chi connectivity index (χ4n) is 3.49. The Bertz CT molecular complexity index is 1210. The molecule has 0 bridgehead atoms. The number of benzene rings is 2. The lowest BCUT2D eigenvalue weighted by atomic mass is 9.95. The number of methoxy groups -OCH3 is 1. The maximum atomic E-state index is 13.1. The number of nitrogens with zero attached hydrogens (tertiary/aromatic N) is 2. The van der Waals surface area contributed by atoms with Crippen LogP contribution >= 0.6 is 23.2 Å². The molecule has 0 unspecified atom stereocenters. The highest BCUT2D eigenvalue weighted by Gasteiger charge is 2.47. The van der Waals surface area contributed by atoms with Gasteiger partial charge in [0.25, 0.3) is 5.78 Å². The van der Waals surface area contributed by atoms with Crippen molar-refractivity contribution < 1.29 is 19.4 Å². The van der Waals surface area contributed by atoms with Gasteiger partial charge in [0.2, 0.25) is 0 Å². The number of amides is 1. The van der Waals surface area contributed by atoms with E-state index in [-0.39, 0.29) is 22.2 Å². The Morgan fingerprint density at radius 2 is 1.84 bits per heavy atom. The second-order valence-corrected chi connectivity index (χ2v) is 7.58. The molecular formula is C23H16Cl2N2O4. The Hall–Kier alpha value is -3.35. The molecular weight excluding hydrogens is 439 g/mol. The number of Topliss-reactive ketones (excluding diaryl/α,β-unsaturated/α-hetero) is 1. The van der Waals surface area contributed by atoms with E-state index in [1.807, 2.05) is 0 Å². The van der Waals surface area contributed by atoms with Crippen LogP contribution in [0, 0.1) is 0 Å². The molecule has 0 radical (unpaired) electrons. The zero-order valence-electron chi connectivity index (χ0n) is 16.3. The van der Waals surface area contributed by atoms with Crippen LogP contribution in [0.5, 0.6) is 5.75 Å². The molecule has 1 aliphatic heterocycles. The number of aliphatic hydroxyl groups excluding tert-OH is 1. The quantitative estimate of drug-likeness (QED) is 0.340. The molecule has 0 spiro atoms. The number of rotatable bonds is 4. The highest BCUT2D eigenvalue weighted by molar-refractivity contribution is 6.51. The van der Waals surface area contributed by atoms with Crippen molar-refractivity contribution in [2.45, 2.75) is 6.04 Å². The summed E-state index contributed by atoms with van der Waals surface area (Å²) in [6.45, 7) is 0. The molecule has 156 valence electrons. The number of ether oxygens (including phenoxy) is 1. The molecule has 4 rings (SSSR count). The molecule has 1 fully saturated rings. The average molecular weight is 455 g/mol. The third-order valence-corrected chi connectivity index (χ3v) is 5.68. The van der Waals surface area contributed by atoms with Crippen molar-refractivity contribution in [3.05, 3.63) is 93.6 Å². The van der Waals surface area contributed by atoms with Crippen molar-refractivity contribution in [1.29, 1.82) is 0 Å². The van der Waals surface area contributed by atoms with Gasteiger partial charge >= 0.3 is 5.91 Å². The standard InChI is InChI=1S/C23H16Cl2N2O4/c1-31-15-6-4-5-14(11-15)21(28)19-20(13-8-9-16(24)17(25)12-13)27(23(30)22(19)29)18-7-2-3-10-26-18/h2-12,20,28H,1H3/b21-19+/t20-/m0/s1. The van der Waals surface area contributed by atoms with Gasteiger partial charge < -0.3 is 9.84 Å². The van der Waals surface area contributed by atoms with Crippen LogP contribution in [0.15, 0.2) is 72.4 Å². The average Bonchev–Trinajstić information content (AvgIpc) is 3.06. The number of anilines is 1. The molecule has 2 aromatic carbocycles. The van der Waals surface area contributed by atoms with Gasteiger partial charge in [0.15, 0.2) is 0 Å². The van der Waals surface area contributed by atoms with E-state index in [1.54, 1.807) is 60.7 Å². The Morgan fingerprint density at radius 1 is 1.03 bits per heavy atom. The largest absolute Gasteiger partial charge is 0.507 e. The molecule has 1 N–H and O–H groups in total. The predicted molar refractivity (Wildman–Crippen MR) is 118 cm³/mol. The van der Waals surface area contributed by atoms with E-state index in [1.165, 1.54) is 18.2 Å². The summed E-state index contributed by atoms with van der Waals surface area (Å²) in [5.74, 6) is -1.20. The SMILES string of the molecule is COc1cccc(/C(O)=C2\C(=O)C(=O)N(c3ccccn3)[C@H]2c2ccc(Cl)c(Cl)c2)c1. The normalized spacial score (nSPS) is 17.8. The van der Waals surface area contributed by atoms with Gasteiger partial charge in [-0.15, -0.1) is 0 Å². The minimum atomic E-state index is -0.948. The minimum absolute atomic E-state index is 0.0812. The lowest BCUT2D eigenvalue weighted by molar-refractivity contribution is -0.132. The van der Waals surface area contributed by atoms with Crippen LogP contribution < -0.4 is 9.64 Å². The van der Waals surface area contributed by atoms with Crippen molar-refractivity contribution in [3.8, 4) is 5.75 Å². The molecule has 1 saturated heterocycles. The third-order valence-electron chi connectivity index (χ3n) is 4.94. The fourth-order valence-corrected chi connectivity index (χ4v) is 3.80. The molecule has 6 nitrogen and oxygen atoms in total. The monoisotopic (exact) mass is 454 g/mol. The topological polar surface area (TPSA) is 79.7 Å². The van der Waals surface area contributed by atoms with Crippen molar-refractivity contribution in [3.63, 3.8) is 0 Å². The van der Waals surface area contributed by atoms with Gasteiger partial charge in [0.05, 0.1) is 28.8 Å². The number of pyridine rings is 1. The maximum Gasteiger partial charge on any atom is 0.301 e. The molecule has 3 aromatic rings. The number of hydrogen-bond acceptors (Lipinski definition) is 5. The minimum Gasteiger partial charge on any atom is -0.507 e. The zero-order chi connectivity index (χ0) is 22.1. The summed E-state index contributed by atoms with van der Waals surface area (Å²) in [5.41, 5.74) is 0.759. The Labute approximate surface area is 188 Å². The number of carbonyl (C=O) groups excluding carboxylic acids is 2. The Kier molecular flexibility index (Phi) is 5.67. The van der Waals surface area contributed by atoms with Crippen LogP contribution in [0.25, 0.3) is 5.76 Å². The number of aromatic nitrogens is 1. The van der Waals surface area contributed by atoms with Crippen LogP contribution in [0.2, 0.25) is 10.0 Å². The summed E-state index contributed by atoms with van der Waals surface area (Å²) in [6.07, 6.45) is 1.52. The highest BCUT2D eigenvalue weighted by atomic mass is 35.5. The van der Waals surface area contributed by atoms with Gasteiger partial charge in [-0.05, 0) is 42.0 Å². The molecule has 0 aliphatic carbocycles. The summed E-state index contributed by atoms with van der Waals surface area (Å²) in [6, 6.07) is 15.4. The van der Waals surface area contributed by atoms with Crippen molar-refractivity contribution in [1.82, 2.24) is 4.98 Å². The molecule has 2 heterocycles. The first-order valence-electron chi connectivity index (χ1n) is 9.23. The van der Waals surface area contributed by atoms with E-state index >= 15 is 0 Å². The molecule has 0 saturated carbocycles. The summed E-state index contributed by atoms with van der Waals surface area (Å²) in [5, 5.41) is 11.7. The van der Waals surface area contributed by atoms with Gasteiger partial charge in [-0.3, -0.25) is 14.5 Å². The van der Waals surface area contributed by atoms with E-state index in [0.717, 1.165) is 0 Å². The summed E-state index contributed by atoms with van der Waals surface area (Å²) < 4.78 is 5.21. The first-order valence-corrected chi connectivity index (χ1v) is 9.99. The van der Waals surface area contributed by atoms with E-state index in [2.05, 4.69) is 4.98 Å². The van der Waals surface area contributed by atoms with E-state index in [0.29, 0.717) is 21.9 Å². The van der Waals surface area contributed by atoms with Gasteiger partial charge in [-0.2, -0.15) is 0 Å². The smallest absolute Gasteiger partial charge is 0.301 e. The number of hydrogen-bond donors (Lipinski definition) is 1. The lowest BCUT2D eigenvalue weighted by Gasteiger charge is -2.24. The van der Waals surface area contributed by atoms with Crippen LogP contribution in [0.1, 0.15) is 17.2 Å². The third kappa shape index (κ3) is 3.76. The molecule has 1 atom stereocenters. The molecule has 8 heteroatoms. The van der Waals surface area contributed by atoms with Gasteiger partial charge in [-0.25, -0.2) is 4.98 Å².